The van der Waals surface area contributed by atoms with E-state index in [1.165, 1.54) is 0 Å². The van der Waals surface area contributed by atoms with Crippen molar-refractivity contribution in [3.63, 3.8) is 0 Å². The van der Waals surface area contributed by atoms with Gasteiger partial charge in [-0.2, -0.15) is 39.5 Å². The van der Waals surface area contributed by atoms with Crippen molar-refractivity contribution in [1.29, 1.82) is 0 Å². The van der Waals surface area contributed by atoms with E-state index in [2.05, 4.69) is 0 Å². The number of amides is 1. The fraction of sp³-hybridized carbons (Fsp3) is 0.462. The molecule has 1 rings (SSSR count). The summed E-state index contributed by atoms with van der Waals surface area (Å²) in [6.07, 6.45) is -6.99. The molecule has 0 heterocycles. The van der Waals surface area contributed by atoms with E-state index in [4.69, 9.17) is 4.74 Å². The van der Waals surface area contributed by atoms with Crippen LogP contribution in [0.2, 0.25) is 0 Å². The molecule has 0 saturated carbocycles. The van der Waals surface area contributed by atoms with E-state index in [-0.39, 0.29) is 12.4 Å². The summed E-state index contributed by atoms with van der Waals surface area (Å²) in [5, 5.41) is 1.16. The van der Waals surface area contributed by atoms with Gasteiger partial charge in [0.1, 0.15) is 5.75 Å². The normalized spacial score (nSPS) is 13.5. The quantitative estimate of drug-likeness (QED) is 0.735. The van der Waals surface area contributed by atoms with Crippen LogP contribution in [0.4, 0.5) is 45.2 Å². The molecular formula is C13H10F9NO2. The topological polar surface area (TPSA) is 38.3 Å². The number of benzene rings is 1. The maximum absolute atomic E-state index is 13.3. The summed E-state index contributed by atoms with van der Waals surface area (Å²) in [6.45, 7) is 1.83. The van der Waals surface area contributed by atoms with Gasteiger partial charge in [0.05, 0.1) is 6.61 Å². The van der Waals surface area contributed by atoms with Gasteiger partial charge in [-0.25, -0.2) is 0 Å². The molecule has 1 aromatic carbocycles. The van der Waals surface area contributed by atoms with Crippen molar-refractivity contribution < 1.29 is 49.0 Å². The van der Waals surface area contributed by atoms with E-state index in [1.807, 2.05) is 0 Å². The summed E-state index contributed by atoms with van der Waals surface area (Å²) in [7, 11) is 0. The summed E-state index contributed by atoms with van der Waals surface area (Å²) in [6, 6.07) is 4.05. The Morgan fingerprint density at radius 3 is 1.80 bits per heavy atom. The van der Waals surface area contributed by atoms with Crippen LogP contribution in [-0.2, 0) is 4.79 Å². The average Bonchev–Trinajstić information content (AvgIpc) is 2.47. The number of anilines is 1. The minimum atomic E-state index is -7.13. The van der Waals surface area contributed by atoms with E-state index >= 15 is 0 Å². The van der Waals surface area contributed by atoms with Crippen LogP contribution in [0, 0.1) is 0 Å². The molecule has 12 heteroatoms. The van der Waals surface area contributed by atoms with Crippen LogP contribution in [0.25, 0.3) is 0 Å². The number of carbonyl (C=O) groups excluding carboxylic acids is 1. The molecule has 0 atom stereocenters. The predicted molar refractivity (Wildman–Crippen MR) is 67.1 cm³/mol. The Labute approximate surface area is 134 Å². The van der Waals surface area contributed by atoms with Crippen LogP contribution in [0.1, 0.15) is 6.92 Å². The molecule has 0 spiro atoms. The number of carbonyl (C=O) groups is 1. The second-order valence-electron chi connectivity index (χ2n) is 4.63. The zero-order valence-corrected chi connectivity index (χ0v) is 12.2. The molecule has 0 aromatic heterocycles. The van der Waals surface area contributed by atoms with Crippen molar-refractivity contribution in [3.05, 3.63) is 24.3 Å². The lowest BCUT2D eigenvalue weighted by Gasteiger charge is -2.32. The molecule has 1 N–H and O–H groups in total. The third-order valence-electron chi connectivity index (χ3n) is 2.85. The summed E-state index contributed by atoms with van der Waals surface area (Å²) in [5.41, 5.74) is -0.542. The van der Waals surface area contributed by atoms with Gasteiger partial charge in [-0.1, -0.05) is 0 Å². The Morgan fingerprint density at radius 2 is 1.40 bits per heavy atom. The number of alkyl halides is 9. The maximum Gasteiger partial charge on any atom is 0.460 e. The summed E-state index contributed by atoms with van der Waals surface area (Å²) in [5.74, 6) is -23.3. The average molecular weight is 383 g/mol. The van der Waals surface area contributed by atoms with Gasteiger partial charge in [0, 0.05) is 5.69 Å². The van der Waals surface area contributed by atoms with Crippen molar-refractivity contribution in [3.8, 4) is 5.75 Å². The lowest BCUT2D eigenvalue weighted by Crippen LogP contribution is -2.64. The van der Waals surface area contributed by atoms with Gasteiger partial charge in [0.2, 0.25) is 0 Å². The van der Waals surface area contributed by atoms with Crippen LogP contribution >= 0.6 is 0 Å². The van der Waals surface area contributed by atoms with Crippen molar-refractivity contribution >= 4 is 11.6 Å². The Morgan fingerprint density at radius 1 is 0.920 bits per heavy atom. The molecule has 1 aromatic rings. The van der Waals surface area contributed by atoms with Crippen molar-refractivity contribution in [1.82, 2.24) is 0 Å². The molecule has 0 radical (unpaired) electrons. The third kappa shape index (κ3) is 3.76. The monoisotopic (exact) mass is 383 g/mol. The van der Waals surface area contributed by atoms with E-state index < -0.39 is 35.5 Å². The Kier molecular flexibility index (Phi) is 5.55. The first kappa shape index (κ1) is 20.9. The van der Waals surface area contributed by atoms with Gasteiger partial charge in [-0.3, -0.25) is 4.79 Å². The third-order valence-corrected chi connectivity index (χ3v) is 2.85. The number of ether oxygens (including phenoxy) is 1. The summed E-state index contributed by atoms with van der Waals surface area (Å²) >= 11 is 0. The van der Waals surface area contributed by atoms with E-state index in [9.17, 15) is 44.3 Å². The Bertz CT molecular complexity index is 611. The Balaban J connectivity index is 3.05. The van der Waals surface area contributed by atoms with Crippen LogP contribution < -0.4 is 10.1 Å². The fourth-order valence-electron chi connectivity index (χ4n) is 1.53. The van der Waals surface area contributed by atoms with Gasteiger partial charge in [-0.15, -0.1) is 0 Å². The largest absolute Gasteiger partial charge is 0.494 e. The van der Waals surface area contributed by atoms with Gasteiger partial charge in [-0.05, 0) is 31.2 Å². The first-order valence-electron chi connectivity index (χ1n) is 6.43. The van der Waals surface area contributed by atoms with E-state index in [0.717, 1.165) is 29.6 Å². The van der Waals surface area contributed by atoms with Crippen molar-refractivity contribution in [2.75, 3.05) is 11.9 Å². The summed E-state index contributed by atoms with van der Waals surface area (Å²) in [4.78, 5) is 11.2. The minimum Gasteiger partial charge on any atom is -0.494 e. The highest BCUT2D eigenvalue weighted by Gasteiger charge is 2.83. The van der Waals surface area contributed by atoms with E-state index in [1.54, 1.807) is 6.92 Å². The first-order valence-corrected chi connectivity index (χ1v) is 6.43. The SMILES string of the molecule is CCOc1ccc(NC(=O)C(F)(F)C(F)(F)C(F)(F)C(F)(F)F)cc1. The van der Waals surface area contributed by atoms with Gasteiger partial charge < -0.3 is 10.1 Å². The molecular weight excluding hydrogens is 373 g/mol. The molecule has 0 saturated heterocycles. The molecule has 0 aliphatic heterocycles. The van der Waals surface area contributed by atoms with Gasteiger partial charge >= 0.3 is 29.9 Å². The minimum absolute atomic E-state index is 0.209. The highest BCUT2D eigenvalue weighted by Crippen LogP contribution is 2.53. The highest BCUT2D eigenvalue weighted by atomic mass is 19.4. The number of hydrogen-bond acceptors (Lipinski definition) is 2. The second kappa shape index (κ2) is 6.64. The standard InChI is InChI=1S/C13H10F9NO2/c1-2-25-8-5-3-7(4-6-8)23-9(24)10(14,15)11(16,17)12(18,19)13(20,21)22/h3-6H,2H2,1H3,(H,23,24). The maximum atomic E-state index is 13.3. The van der Waals surface area contributed by atoms with Crippen LogP contribution in [-0.4, -0.2) is 36.5 Å². The number of rotatable bonds is 6. The van der Waals surface area contributed by atoms with Crippen LogP contribution in [0.15, 0.2) is 24.3 Å². The highest BCUT2D eigenvalue weighted by molar-refractivity contribution is 5.97. The molecule has 142 valence electrons. The van der Waals surface area contributed by atoms with Crippen LogP contribution in [0.3, 0.4) is 0 Å². The zero-order valence-electron chi connectivity index (χ0n) is 12.2. The lowest BCUT2D eigenvalue weighted by molar-refractivity contribution is -0.388. The fourth-order valence-corrected chi connectivity index (χ4v) is 1.53. The number of nitrogens with one attached hydrogen (secondary N) is 1. The van der Waals surface area contributed by atoms with Crippen LogP contribution in [0.5, 0.6) is 5.75 Å². The molecule has 25 heavy (non-hydrogen) atoms. The number of halogens is 9. The summed E-state index contributed by atoms with van der Waals surface area (Å²) < 4.78 is 119. The van der Waals surface area contributed by atoms with Gasteiger partial charge in [0.25, 0.3) is 0 Å². The first-order chi connectivity index (χ1) is 11.2. The van der Waals surface area contributed by atoms with E-state index in [0.29, 0.717) is 0 Å². The zero-order chi connectivity index (χ0) is 19.7. The Hall–Kier alpha value is -2.14. The lowest BCUT2D eigenvalue weighted by atomic mass is 10.0. The molecule has 0 aliphatic carbocycles. The second-order valence-corrected chi connectivity index (χ2v) is 4.63. The molecule has 3 nitrogen and oxygen atoms in total. The molecule has 0 fully saturated rings. The van der Waals surface area contributed by atoms with Gasteiger partial charge in [0.15, 0.2) is 0 Å². The number of hydrogen-bond donors (Lipinski definition) is 1. The molecule has 0 aliphatic rings. The van der Waals surface area contributed by atoms with Crippen molar-refractivity contribution in [2.24, 2.45) is 0 Å². The smallest absolute Gasteiger partial charge is 0.460 e. The molecule has 1 amide bonds. The van der Waals surface area contributed by atoms with Crippen molar-refractivity contribution in [2.45, 2.75) is 30.9 Å². The predicted octanol–water partition coefficient (Wildman–Crippen LogP) is 4.49. The molecule has 0 unspecified atom stereocenters. The molecule has 0 bridgehead atoms.